The Morgan fingerprint density at radius 1 is 0.667 bits per heavy atom. The molecule has 3 nitrogen and oxygen atoms in total. The second-order valence-corrected chi connectivity index (χ2v) is 8.68. The molecule has 3 aliphatic heterocycles. The molecule has 170 valence electrons. The van der Waals surface area contributed by atoms with E-state index >= 15 is 0 Å². The fraction of sp³-hybridized carbons (Fsp3) is 0.280. The fourth-order valence-corrected chi connectivity index (χ4v) is 4.36. The van der Waals surface area contributed by atoms with Crippen LogP contribution in [-0.4, -0.2) is 20.7 Å². The van der Waals surface area contributed by atoms with E-state index in [1.54, 1.807) is 12.1 Å². The fourth-order valence-electron chi connectivity index (χ4n) is 4.17. The summed E-state index contributed by atoms with van der Waals surface area (Å²) in [5, 5.41) is 0.793. The first kappa shape index (κ1) is 25.6. The lowest BCUT2D eigenvalue weighted by atomic mass is 9.64. The monoisotopic (exact) mass is 464 g/mol. The van der Waals surface area contributed by atoms with E-state index in [0.29, 0.717) is 20.1 Å². The molecule has 3 aromatic carbocycles. The number of halogens is 2. The van der Waals surface area contributed by atoms with Gasteiger partial charge in [0.1, 0.15) is 5.82 Å². The topological polar surface area (TPSA) is 27.7 Å². The maximum absolute atomic E-state index is 12.6. The maximum atomic E-state index is 12.6. The third-order valence-corrected chi connectivity index (χ3v) is 6.28. The Balaban J connectivity index is 0.000000137. The summed E-state index contributed by atoms with van der Waals surface area (Å²) < 4.78 is 28.8. The van der Waals surface area contributed by atoms with E-state index in [2.05, 4.69) is 37.9 Å². The summed E-state index contributed by atoms with van der Waals surface area (Å²) in [4.78, 5) is 0. The third kappa shape index (κ3) is 6.10. The highest BCUT2D eigenvalue weighted by atomic mass is 35.5. The molecule has 0 saturated heterocycles. The predicted molar refractivity (Wildman–Crippen MR) is 139 cm³/mol. The van der Waals surface area contributed by atoms with Crippen molar-refractivity contribution in [3.05, 3.63) is 88.2 Å². The standard InChI is InChI=1S/C8H8BClO.C8H8BFO.C8H9BO.CH4/c2*1-9-8-3-2-7(10)4-6(8)5-11-9;1-9-8-5-3-2-4-7(8)6-10-9;/h2*2-4H,5H2,1H3;2-5H,6H2,1H3;1H4. The highest BCUT2D eigenvalue weighted by molar-refractivity contribution is 6.68. The normalized spacial score (nSPS) is 14.9. The van der Waals surface area contributed by atoms with Gasteiger partial charge in [0.25, 0.3) is 0 Å². The molecule has 3 aromatic rings. The van der Waals surface area contributed by atoms with E-state index in [0.717, 1.165) is 22.7 Å². The number of hydrogen-bond acceptors (Lipinski definition) is 3. The minimum Gasteiger partial charge on any atom is -0.427 e. The van der Waals surface area contributed by atoms with Crippen LogP contribution in [0.2, 0.25) is 25.5 Å². The number of benzene rings is 3. The minimum atomic E-state index is -0.179. The van der Waals surface area contributed by atoms with Gasteiger partial charge in [-0.2, -0.15) is 0 Å². The van der Waals surface area contributed by atoms with Gasteiger partial charge in [0, 0.05) is 5.02 Å². The van der Waals surface area contributed by atoms with Gasteiger partial charge in [-0.15, -0.1) is 0 Å². The molecule has 3 heterocycles. The van der Waals surface area contributed by atoms with Crippen molar-refractivity contribution in [2.24, 2.45) is 0 Å². The SMILES string of the molecule is C.CB1OCc2cc(Cl)ccc21.CB1OCc2cc(F)ccc21.CB1OCc2ccccc21. The zero-order valence-corrected chi connectivity index (χ0v) is 19.4. The van der Waals surface area contributed by atoms with Gasteiger partial charge in [-0.3, -0.25) is 0 Å². The summed E-state index contributed by atoms with van der Waals surface area (Å²) in [6.07, 6.45) is 0. The number of rotatable bonds is 0. The van der Waals surface area contributed by atoms with Gasteiger partial charge in [0.2, 0.25) is 0 Å². The Hall–Kier alpha value is -2.05. The largest absolute Gasteiger partial charge is 0.427 e. The summed E-state index contributed by atoms with van der Waals surface area (Å²) in [5.41, 5.74) is 7.29. The molecule has 0 bridgehead atoms. The van der Waals surface area contributed by atoms with Crippen molar-refractivity contribution in [3.63, 3.8) is 0 Å². The van der Waals surface area contributed by atoms with Gasteiger partial charge >= 0.3 is 20.7 Å². The van der Waals surface area contributed by atoms with Crippen LogP contribution in [-0.2, 0) is 33.8 Å². The average molecular weight is 464 g/mol. The number of hydrogen-bond donors (Lipinski definition) is 0. The highest BCUT2D eigenvalue weighted by Crippen LogP contribution is 2.16. The summed E-state index contributed by atoms with van der Waals surface area (Å²) in [5.74, 6) is -0.179. The zero-order valence-electron chi connectivity index (χ0n) is 18.6. The molecule has 0 aliphatic carbocycles. The summed E-state index contributed by atoms with van der Waals surface area (Å²) >= 11 is 5.82. The molecule has 0 amide bonds. The Kier molecular flexibility index (Phi) is 8.83. The van der Waals surface area contributed by atoms with Crippen LogP contribution in [0.3, 0.4) is 0 Å². The van der Waals surface area contributed by atoms with Crippen molar-refractivity contribution >= 4 is 48.7 Å². The van der Waals surface area contributed by atoms with Crippen molar-refractivity contribution < 1.29 is 18.4 Å². The van der Waals surface area contributed by atoms with Crippen molar-refractivity contribution in [2.45, 2.75) is 47.7 Å². The van der Waals surface area contributed by atoms with E-state index in [-0.39, 0.29) is 27.1 Å². The average Bonchev–Trinajstić information content (AvgIpc) is 3.47. The maximum Gasteiger partial charge on any atom is 0.324 e. The molecule has 8 heteroatoms. The van der Waals surface area contributed by atoms with Crippen LogP contribution < -0.4 is 16.4 Å². The zero-order chi connectivity index (χ0) is 22.7. The van der Waals surface area contributed by atoms with Gasteiger partial charge < -0.3 is 14.0 Å². The molecule has 0 N–H and O–H groups in total. The lowest BCUT2D eigenvalue weighted by molar-refractivity contribution is 0.333. The number of fused-ring (bicyclic) bond motifs is 3. The molecule has 0 unspecified atom stereocenters. The lowest BCUT2D eigenvalue weighted by Gasteiger charge is -1.97. The summed E-state index contributed by atoms with van der Waals surface area (Å²) in [6.45, 7) is 8.84. The molecule has 0 fully saturated rings. The van der Waals surface area contributed by atoms with Gasteiger partial charge in [-0.05, 0) is 57.3 Å². The lowest BCUT2D eigenvalue weighted by Crippen LogP contribution is -2.23. The van der Waals surface area contributed by atoms with E-state index < -0.39 is 0 Å². The minimum absolute atomic E-state index is 0. The van der Waals surface area contributed by atoms with E-state index in [9.17, 15) is 4.39 Å². The Labute approximate surface area is 202 Å². The first-order valence-corrected chi connectivity index (χ1v) is 11.3. The Morgan fingerprint density at radius 3 is 1.76 bits per heavy atom. The summed E-state index contributed by atoms with van der Waals surface area (Å²) in [7, 11) is 0. The van der Waals surface area contributed by atoms with Crippen molar-refractivity contribution in [1.82, 2.24) is 0 Å². The van der Waals surface area contributed by atoms with Gasteiger partial charge in [0.15, 0.2) is 0 Å². The van der Waals surface area contributed by atoms with Crippen LogP contribution in [0, 0.1) is 5.82 Å². The Bertz CT molecular complexity index is 1040. The van der Waals surface area contributed by atoms with Crippen LogP contribution in [0.1, 0.15) is 24.1 Å². The predicted octanol–water partition coefficient (Wildman–Crippen LogP) is 4.56. The molecule has 0 atom stereocenters. The highest BCUT2D eigenvalue weighted by Gasteiger charge is 2.24. The quantitative estimate of drug-likeness (QED) is 0.457. The van der Waals surface area contributed by atoms with E-state index in [4.69, 9.17) is 25.6 Å². The van der Waals surface area contributed by atoms with Crippen LogP contribution in [0.5, 0.6) is 0 Å². The van der Waals surface area contributed by atoms with Crippen LogP contribution in [0.15, 0.2) is 60.7 Å². The molecule has 3 aliphatic rings. The van der Waals surface area contributed by atoms with E-state index in [1.807, 2.05) is 25.0 Å². The molecule has 0 radical (unpaired) electrons. The molecule has 33 heavy (non-hydrogen) atoms. The molecular formula is C25H29B3ClFO3. The smallest absolute Gasteiger partial charge is 0.324 e. The Morgan fingerprint density at radius 2 is 1.15 bits per heavy atom. The van der Waals surface area contributed by atoms with Crippen molar-refractivity contribution in [2.75, 3.05) is 0 Å². The van der Waals surface area contributed by atoms with Crippen LogP contribution >= 0.6 is 11.6 Å². The van der Waals surface area contributed by atoms with Crippen molar-refractivity contribution in [3.8, 4) is 0 Å². The second-order valence-electron chi connectivity index (χ2n) is 8.24. The molecular weight excluding hydrogens is 435 g/mol. The summed E-state index contributed by atoms with van der Waals surface area (Å²) in [6, 6.07) is 19.1. The molecule has 0 saturated carbocycles. The third-order valence-electron chi connectivity index (χ3n) is 6.05. The van der Waals surface area contributed by atoms with Gasteiger partial charge in [-0.25, -0.2) is 4.39 Å². The van der Waals surface area contributed by atoms with Crippen LogP contribution in [0.25, 0.3) is 0 Å². The van der Waals surface area contributed by atoms with Crippen molar-refractivity contribution in [1.29, 1.82) is 0 Å². The second kappa shape index (κ2) is 11.4. The first-order valence-electron chi connectivity index (χ1n) is 10.9. The van der Waals surface area contributed by atoms with E-state index in [1.165, 1.54) is 28.1 Å². The molecule has 0 spiro atoms. The first-order chi connectivity index (χ1) is 15.4. The van der Waals surface area contributed by atoms with Gasteiger partial charge in [-0.1, -0.05) is 75.9 Å². The van der Waals surface area contributed by atoms with Crippen LogP contribution in [0.4, 0.5) is 4.39 Å². The molecule has 6 rings (SSSR count). The van der Waals surface area contributed by atoms with Gasteiger partial charge in [0.05, 0.1) is 19.8 Å². The molecule has 0 aromatic heterocycles.